The number of benzene rings is 4. The van der Waals surface area contributed by atoms with Crippen LogP contribution in [0.2, 0.25) is 0 Å². The zero-order valence-electron chi connectivity index (χ0n) is 35.4. The van der Waals surface area contributed by atoms with Crippen LogP contribution in [0, 0.1) is 0 Å². The van der Waals surface area contributed by atoms with Crippen LogP contribution in [0.1, 0.15) is 138 Å². The molecule has 0 aliphatic rings. The molecular weight excluding hydrogens is 793 g/mol. The van der Waals surface area contributed by atoms with Gasteiger partial charge in [0.05, 0.1) is 35.5 Å². The molecule has 0 spiro atoms. The lowest BCUT2D eigenvalue weighted by molar-refractivity contribution is 0.0442. The molecule has 12 nitrogen and oxygen atoms in total. The van der Waals surface area contributed by atoms with Gasteiger partial charge in [0.1, 0.15) is 41.6 Å². The van der Waals surface area contributed by atoms with Gasteiger partial charge in [-0.1, -0.05) is 78.1 Å². The van der Waals surface area contributed by atoms with Gasteiger partial charge in [0, 0.05) is 6.07 Å². The second kappa shape index (κ2) is 25.2. The molecule has 0 aliphatic carbocycles. The summed E-state index contributed by atoms with van der Waals surface area (Å²) < 4.78 is 38.3. The van der Waals surface area contributed by atoms with Gasteiger partial charge in [-0.2, -0.15) is 0 Å². The Morgan fingerprint density at radius 1 is 0.452 bits per heavy atom. The Bertz CT molecular complexity index is 2230. The molecule has 0 saturated heterocycles. The molecule has 4 aromatic carbocycles. The summed E-state index contributed by atoms with van der Waals surface area (Å²) in [5, 5.41) is 0. The van der Waals surface area contributed by atoms with Crippen LogP contribution >= 0.6 is 0 Å². The Balaban J connectivity index is 1.01. The molecule has 5 rings (SSSR count). The first-order chi connectivity index (χ1) is 30.2. The highest BCUT2D eigenvalue weighted by Crippen LogP contribution is 2.21. The summed E-state index contributed by atoms with van der Waals surface area (Å²) in [5.41, 5.74) is 0.263. The quantitative estimate of drug-likeness (QED) is 0.0312. The molecule has 1 heterocycles. The summed E-state index contributed by atoms with van der Waals surface area (Å²) in [6.45, 7) is 5.25. The van der Waals surface area contributed by atoms with Crippen molar-refractivity contribution in [3.63, 3.8) is 0 Å². The summed E-state index contributed by atoms with van der Waals surface area (Å²) in [6, 6.07) is 25.9. The zero-order valence-corrected chi connectivity index (χ0v) is 35.4. The van der Waals surface area contributed by atoms with Gasteiger partial charge in [0.15, 0.2) is 0 Å². The Hall–Kier alpha value is -6.69. The fourth-order valence-corrected chi connectivity index (χ4v) is 6.14. The molecule has 0 atom stereocenters. The number of hydrogen-bond donors (Lipinski definition) is 0. The molecule has 0 fully saturated rings. The number of carbonyl (C=O) groups is 4. The molecule has 0 radical (unpaired) electrons. The predicted octanol–water partition coefficient (Wildman–Crippen LogP) is 11.1. The van der Waals surface area contributed by atoms with Crippen LogP contribution < -0.4 is 29.1 Å². The highest BCUT2D eigenvalue weighted by atomic mass is 16.6. The predicted molar refractivity (Wildman–Crippen MR) is 232 cm³/mol. The van der Waals surface area contributed by atoms with Crippen molar-refractivity contribution < 1.29 is 52.0 Å². The van der Waals surface area contributed by atoms with Gasteiger partial charge in [-0.05, 0) is 110 Å². The van der Waals surface area contributed by atoms with Crippen LogP contribution in [0.15, 0.2) is 119 Å². The molecule has 1 aromatic heterocycles. The number of hydrogen-bond acceptors (Lipinski definition) is 12. The number of carbonyl (C=O) groups excluding carboxylic acids is 4. The monoisotopic (exact) mass is 846 g/mol. The first-order valence-electron chi connectivity index (χ1n) is 21.3. The van der Waals surface area contributed by atoms with Crippen molar-refractivity contribution in [1.29, 1.82) is 0 Å². The van der Waals surface area contributed by atoms with Crippen molar-refractivity contribution in [3.05, 3.63) is 148 Å². The number of unbranched alkanes of at least 4 members (excludes halogenated alkanes) is 10. The molecule has 0 amide bonds. The molecule has 12 heteroatoms. The smallest absolute Gasteiger partial charge is 0.343 e. The highest BCUT2D eigenvalue weighted by Gasteiger charge is 2.16. The number of esters is 4. The lowest BCUT2D eigenvalue weighted by Gasteiger charge is -2.09. The first kappa shape index (κ1) is 46.4. The van der Waals surface area contributed by atoms with Gasteiger partial charge in [0.2, 0.25) is 11.2 Å². The Morgan fingerprint density at radius 2 is 0.823 bits per heavy atom. The van der Waals surface area contributed by atoms with E-state index in [-0.39, 0.29) is 40.7 Å². The minimum absolute atomic E-state index is 0.00836. The number of rotatable bonds is 25. The topological polar surface area (TPSA) is 154 Å². The maximum Gasteiger partial charge on any atom is 0.343 e. The summed E-state index contributed by atoms with van der Waals surface area (Å²) in [7, 11) is 0. The van der Waals surface area contributed by atoms with Gasteiger partial charge >= 0.3 is 23.9 Å². The van der Waals surface area contributed by atoms with Crippen LogP contribution in [-0.2, 0) is 11.3 Å². The third-order valence-electron chi connectivity index (χ3n) is 9.71. The van der Waals surface area contributed by atoms with Gasteiger partial charge in [-0.3, -0.25) is 4.79 Å². The Labute approximate surface area is 362 Å². The van der Waals surface area contributed by atoms with Gasteiger partial charge in [0.25, 0.3) is 0 Å². The summed E-state index contributed by atoms with van der Waals surface area (Å²) in [6.07, 6.45) is 15.0. The van der Waals surface area contributed by atoms with E-state index in [2.05, 4.69) is 13.8 Å². The van der Waals surface area contributed by atoms with E-state index < -0.39 is 29.3 Å². The van der Waals surface area contributed by atoms with Crippen molar-refractivity contribution in [1.82, 2.24) is 0 Å². The minimum atomic E-state index is -0.846. The van der Waals surface area contributed by atoms with Crippen molar-refractivity contribution in [2.45, 2.75) is 97.5 Å². The average molecular weight is 847 g/mol. The molecule has 0 saturated carbocycles. The van der Waals surface area contributed by atoms with E-state index in [9.17, 15) is 24.0 Å². The van der Waals surface area contributed by atoms with Crippen molar-refractivity contribution in [2.24, 2.45) is 0 Å². The largest absolute Gasteiger partial charge is 0.494 e. The second-order valence-corrected chi connectivity index (χ2v) is 14.6. The maximum atomic E-state index is 12.8. The van der Waals surface area contributed by atoms with E-state index in [0.29, 0.717) is 35.8 Å². The fourth-order valence-electron chi connectivity index (χ4n) is 6.14. The van der Waals surface area contributed by atoms with E-state index in [4.69, 9.17) is 32.8 Å². The average Bonchev–Trinajstić information content (AvgIpc) is 3.29. The van der Waals surface area contributed by atoms with Crippen LogP contribution in [-0.4, -0.2) is 37.1 Å². The Kier molecular flexibility index (Phi) is 18.8. The molecule has 5 aromatic rings. The summed E-state index contributed by atoms with van der Waals surface area (Å²) in [5.74, 6) is -1.29. The normalized spacial score (nSPS) is 10.7. The third-order valence-corrected chi connectivity index (χ3v) is 9.71. The second-order valence-electron chi connectivity index (χ2n) is 14.6. The molecule has 0 bridgehead atoms. The Morgan fingerprint density at radius 3 is 1.24 bits per heavy atom. The van der Waals surface area contributed by atoms with Gasteiger partial charge in [-0.25, -0.2) is 19.2 Å². The van der Waals surface area contributed by atoms with Crippen molar-refractivity contribution in [2.75, 3.05) is 13.2 Å². The molecule has 0 N–H and O–H groups in total. The van der Waals surface area contributed by atoms with Gasteiger partial charge in [-0.15, -0.1) is 0 Å². The maximum absolute atomic E-state index is 12.8. The SMILES string of the molecule is CCCCCCCCOc1ccc(C(=O)Oc2ccc(C(=O)OCc3cc(=O)c(OC(=O)c4ccc(OC(=O)c5ccc(OCCCCCCCC)cc5)cc4)co3)cc2)cc1. The van der Waals surface area contributed by atoms with E-state index >= 15 is 0 Å². The first-order valence-corrected chi connectivity index (χ1v) is 21.3. The molecule has 0 unspecified atom stereocenters. The molecule has 326 valence electrons. The molecule has 62 heavy (non-hydrogen) atoms. The van der Waals surface area contributed by atoms with E-state index in [1.807, 2.05) is 0 Å². The summed E-state index contributed by atoms with van der Waals surface area (Å²) in [4.78, 5) is 63.5. The summed E-state index contributed by atoms with van der Waals surface area (Å²) >= 11 is 0. The van der Waals surface area contributed by atoms with E-state index in [0.717, 1.165) is 38.0 Å². The zero-order chi connectivity index (χ0) is 43.9. The van der Waals surface area contributed by atoms with Crippen LogP contribution in [0.4, 0.5) is 0 Å². The van der Waals surface area contributed by atoms with Crippen LogP contribution in [0.3, 0.4) is 0 Å². The standard InChI is InChI=1S/C50H54O12/c1-3-5-7-9-11-13-31-56-40-23-15-37(16-24-40)48(53)60-42-27-19-36(20-28-42)47(52)59-34-44-33-45(51)46(35-58-44)62-50(55)39-21-29-43(30-22-39)61-49(54)38-17-25-41(26-18-38)57-32-14-12-10-8-6-4-2/h15-30,33,35H,3-14,31-32,34H2,1-2H3. The van der Waals surface area contributed by atoms with E-state index in [1.54, 1.807) is 48.5 Å². The van der Waals surface area contributed by atoms with Crippen molar-refractivity contribution in [3.8, 4) is 28.7 Å². The third kappa shape index (κ3) is 15.4. The highest BCUT2D eigenvalue weighted by molar-refractivity contribution is 5.93. The molecular formula is C50H54O12. The van der Waals surface area contributed by atoms with Crippen LogP contribution in [0.25, 0.3) is 0 Å². The fraction of sp³-hybridized carbons (Fsp3) is 0.340. The molecule has 0 aliphatic heterocycles. The lowest BCUT2D eigenvalue weighted by atomic mass is 10.1. The van der Waals surface area contributed by atoms with Crippen LogP contribution in [0.5, 0.6) is 28.7 Å². The minimum Gasteiger partial charge on any atom is -0.494 e. The number of ether oxygens (including phenoxy) is 6. The van der Waals surface area contributed by atoms with E-state index in [1.165, 1.54) is 99.9 Å². The van der Waals surface area contributed by atoms with Gasteiger partial charge < -0.3 is 32.8 Å². The van der Waals surface area contributed by atoms with Crippen molar-refractivity contribution >= 4 is 23.9 Å². The lowest BCUT2D eigenvalue weighted by Crippen LogP contribution is -2.15.